The second-order valence-electron chi connectivity index (χ2n) is 6.85. The van der Waals surface area contributed by atoms with E-state index in [-0.39, 0.29) is 29.6 Å². The highest BCUT2D eigenvalue weighted by Crippen LogP contribution is 2.52. The number of carbonyl (C=O) groups is 3. The Balaban J connectivity index is 1.45. The number of carbonyl (C=O) groups excluding carboxylic acids is 2. The van der Waals surface area contributed by atoms with E-state index < -0.39 is 11.9 Å². The number of carboxylic acids is 1. The molecular weight excluding hydrogens is 284 g/mol. The van der Waals surface area contributed by atoms with Crippen molar-refractivity contribution in [2.24, 2.45) is 23.7 Å². The van der Waals surface area contributed by atoms with Crippen LogP contribution in [0, 0.1) is 23.7 Å². The zero-order chi connectivity index (χ0) is 15.7. The van der Waals surface area contributed by atoms with Crippen LogP contribution in [-0.4, -0.2) is 47.4 Å². The van der Waals surface area contributed by atoms with Crippen LogP contribution in [0.4, 0.5) is 0 Å². The lowest BCUT2D eigenvalue weighted by atomic mass is 9.78. The summed E-state index contributed by atoms with van der Waals surface area (Å²) < 4.78 is 0. The number of hydrogen-bond donors (Lipinski definition) is 2. The minimum absolute atomic E-state index is 0.104. The molecule has 122 valence electrons. The molecule has 0 aromatic heterocycles. The molecule has 0 radical (unpaired) electrons. The molecule has 1 heterocycles. The summed E-state index contributed by atoms with van der Waals surface area (Å²) in [4.78, 5) is 37.1. The summed E-state index contributed by atoms with van der Waals surface area (Å²) in [5.74, 6) is -1.16. The summed E-state index contributed by atoms with van der Waals surface area (Å²) in [5.41, 5.74) is 0. The second-order valence-corrected chi connectivity index (χ2v) is 6.85. The van der Waals surface area contributed by atoms with Gasteiger partial charge in [0.05, 0.1) is 11.8 Å². The molecule has 1 aliphatic heterocycles. The Morgan fingerprint density at radius 2 is 1.95 bits per heavy atom. The monoisotopic (exact) mass is 308 g/mol. The maximum Gasteiger partial charge on any atom is 0.307 e. The van der Waals surface area contributed by atoms with Crippen molar-refractivity contribution < 1.29 is 19.5 Å². The fourth-order valence-electron chi connectivity index (χ4n) is 4.56. The summed E-state index contributed by atoms with van der Waals surface area (Å²) in [6.45, 7) is 2.02. The predicted molar refractivity (Wildman–Crippen MR) is 78.9 cm³/mol. The smallest absolute Gasteiger partial charge is 0.307 e. The zero-order valence-corrected chi connectivity index (χ0v) is 12.8. The lowest BCUT2D eigenvalue weighted by Gasteiger charge is -2.27. The van der Waals surface area contributed by atoms with Gasteiger partial charge in [-0.05, 0) is 43.9 Å². The van der Waals surface area contributed by atoms with Crippen molar-refractivity contribution in [3.05, 3.63) is 0 Å². The molecule has 3 fully saturated rings. The number of nitrogens with one attached hydrogen (secondary N) is 1. The van der Waals surface area contributed by atoms with Gasteiger partial charge >= 0.3 is 5.97 Å². The highest BCUT2D eigenvalue weighted by molar-refractivity contribution is 5.86. The molecule has 2 bridgehead atoms. The molecule has 2 amide bonds. The molecule has 2 saturated carbocycles. The molecular formula is C16H24N2O4. The fraction of sp³-hybridized carbons (Fsp3) is 0.812. The largest absolute Gasteiger partial charge is 0.481 e. The Bertz CT molecular complexity index is 479. The van der Waals surface area contributed by atoms with Gasteiger partial charge in [-0.2, -0.15) is 0 Å². The van der Waals surface area contributed by atoms with Gasteiger partial charge in [-0.25, -0.2) is 0 Å². The molecule has 3 aliphatic rings. The SMILES string of the molecule is O=C(O)[C@@H]1[C@H]2CC[C@@H](C2)[C@@H]1C(=O)NCCCN1CCCC1=O. The van der Waals surface area contributed by atoms with Crippen LogP contribution >= 0.6 is 0 Å². The molecule has 3 rings (SSSR count). The molecule has 22 heavy (non-hydrogen) atoms. The Labute approximate surface area is 130 Å². The van der Waals surface area contributed by atoms with E-state index in [2.05, 4.69) is 5.32 Å². The molecule has 2 N–H and O–H groups in total. The highest BCUT2D eigenvalue weighted by Gasteiger charge is 2.53. The molecule has 2 aliphatic carbocycles. The van der Waals surface area contributed by atoms with Gasteiger partial charge < -0.3 is 15.3 Å². The number of fused-ring (bicyclic) bond motifs is 2. The quantitative estimate of drug-likeness (QED) is 0.713. The van der Waals surface area contributed by atoms with Crippen LogP contribution in [0.5, 0.6) is 0 Å². The van der Waals surface area contributed by atoms with E-state index in [0.717, 1.165) is 38.6 Å². The Morgan fingerprint density at radius 3 is 2.59 bits per heavy atom. The van der Waals surface area contributed by atoms with E-state index in [1.165, 1.54) is 0 Å². The van der Waals surface area contributed by atoms with Gasteiger partial charge in [-0.15, -0.1) is 0 Å². The van der Waals surface area contributed by atoms with Crippen LogP contribution in [0.25, 0.3) is 0 Å². The summed E-state index contributed by atoms with van der Waals surface area (Å²) in [5, 5.41) is 12.3. The minimum Gasteiger partial charge on any atom is -0.481 e. The van der Waals surface area contributed by atoms with E-state index in [0.29, 0.717) is 19.5 Å². The predicted octanol–water partition coefficient (Wildman–Crippen LogP) is 0.862. The van der Waals surface area contributed by atoms with Crippen LogP contribution < -0.4 is 5.32 Å². The minimum atomic E-state index is -0.824. The molecule has 0 unspecified atom stereocenters. The molecule has 0 aromatic rings. The van der Waals surface area contributed by atoms with Crippen LogP contribution in [0.3, 0.4) is 0 Å². The Morgan fingerprint density at radius 1 is 1.23 bits per heavy atom. The van der Waals surface area contributed by atoms with Crippen molar-refractivity contribution in [2.45, 2.75) is 38.5 Å². The molecule has 6 nitrogen and oxygen atoms in total. The molecule has 1 saturated heterocycles. The first-order valence-corrected chi connectivity index (χ1v) is 8.36. The van der Waals surface area contributed by atoms with E-state index in [9.17, 15) is 19.5 Å². The first-order valence-electron chi connectivity index (χ1n) is 8.36. The van der Waals surface area contributed by atoms with Gasteiger partial charge in [-0.3, -0.25) is 14.4 Å². The maximum atomic E-state index is 12.4. The highest BCUT2D eigenvalue weighted by atomic mass is 16.4. The standard InChI is InChI=1S/C16H24N2O4/c19-12-3-1-7-18(12)8-2-6-17-15(20)13-10-4-5-11(9-10)14(13)16(21)22/h10-11,13-14H,1-9H2,(H,17,20)(H,21,22)/t10-,11-,13-,14+/m0/s1. The van der Waals surface area contributed by atoms with Gasteiger partial charge in [0.1, 0.15) is 0 Å². The third kappa shape index (κ3) is 2.83. The van der Waals surface area contributed by atoms with E-state index in [4.69, 9.17) is 0 Å². The van der Waals surface area contributed by atoms with E-state index in [1.54, 1.807) is 0 Å². The number of aliphatic carboxylic acids is 1. The van der Waals surface area contributed by atoms with Crippen molar-refractivity contribution in [1.82, 2.24) is 10.2 Å². The van der Waals surface area contributed by atoms with Crippen LogP contribution in [-0.2, 0) is 14.4 Å². The van der Waals surface area contributed by atoms with E-state index in [1.807, 2.05) is 4.90 Å². The van der Waals surface area contributed by atoms with Crippen molar-refractivity contribution in [2.75, 3.05) is 19.6 Å². The molecule has 6 heteroatoms. The average molecular weight is 308 g/mol. The molecule has 4 atom stereocenters. The number of nitrogens with zero attached hydrogens (tertiary/aromatic N) is 1. The zero-order valence-electron chi connectivity index (χ0n) is 12.8. The first-order chi connectivity index (χ1) is 10.6. The first kappa shape index (κ1) is 15.3. The summed E-state index contributed by atoms with van der Waals surface area (Å²) in [6, 6.07) is 0. The third-order valence-corrected chi connectivity index (χ3v) is 5.58. The number of amides is 2. The average Bonchev–Trinajstić information content (AvgIpc) is 3.18. The number of hydrogen-bond acceptors (Lipinski definition) is 3. The summed E-state index contributed by atoms with van der Waals surface area (Å²) >= 11 is 0. The maximum absolute atomic E-state index is 12.4. The van der Waals surface area contributed by atoms with Crippen molar-refractivity contribution in [3.8, 4) is 0 Å². The van der Waals surface area contributed by atoms with Gasteiger partial charge in [0, 0.05) is 26.1 Å². The lowest BCUT2D eigenvalue weighted by Crippen LogP contribution is -2.42. The lowest BCUT2D eigenvalue weighted by molar-refractivity contribution is -0.149. The summed E-state index contributed by atoms with van der Waals surface area (Å²) in [7, 11) is 0. The molecule has 0 aromatic carbocycles. The van der Waals surface area contributed by atoms with Gasteiger partial charge in [0.15, 0.2) is 0 Å². The van der Waals surface area contributed by atoms with Crippen LogP contribution in [0.15, 0.2) is 0 Å². The number of rotatable bonds is 6. The van der Waals surface area contributed by atoms with E-state index >= 15 is 0 Å². The second kappa shape index (κ2) is 6.26. The van der Waals surface area contributed by atoms with Crippen LogP contribution in [0.1, 0.15) is 38.5 Å². The van der Waals surface area contributed by atoms with Crippen molar-refractivity contribution in [1.29, 1.82) is 0 Å². The normalized spacial score (nSPS) is 33.5. The van der Waals surface area contributed by atoms with Gasteiger partial charge in [0.25, 0.3) is 0 Å². The Kier molecular flexibility index (Phi) is 4.36. The van der Waals surface area contributed by atoms with Gasteiger partial charge in [0.2, 0.25) is 11.8 Å². The fourth-order valence-corrected chi connectivity index (χ4v) is 4.56. The number of carboxylic acid groups (broad SMARTS) is 1. The topological polar surface area (TPSA) is 86.7 Å². The van der Waals surface area contributed by atoms with Crippen molar-refractivity contribution >= 4 is 17.8 Å². The van der Waals surface area contributed by atoms with Crippen molar-refractivity contribution in [3.63, 3.8) is 0 Å². The summed E-state index contributed by atoms with van der Waals surface area (Å²) in [6.07, 6.45) is 5.11. The Hall–Kier alpha value is -1.59. The molecule has 0 spiro atoms. The van der Waals surface area contributed by atoms with Crippen LogP contribution in [0.2, 0.25) is 0 Å². The third-order valence-electron chi connectivity index (χ3n) is 5.58. The van der Waals surface area contributed by atoms with Gasteiger partial charge in [-0.1, -0.05) is 0 Å². The number of likely N-dealkylation sites (tertiary alicyclic amines) is 1.